The van der Waals surface area contributed by atoms with Gasteiger partial charge in [-0.2, -0.15) is 0 Å². The van der Waals surface area contributed by atoms with Crippen LogP contribution < -0.4 is 15.8 Å². The molecule has 0 saturated carbocycles. The fourth-order valence-electron chi connectivity index (χ4n) is 1.37. The van der Waals surface area contributed by atoms with Crippen LogP contribution >= 0.6 is 0 Å². The van der Waals surface area contributed by atoms with Crippen LogP contribution in [0, 0.1) is 0 Å². The average Bonchev–Trinajstić information content (AvgIpc) is 2.76. The topological polar surface area (TPSA) is 103 Å². The first-order valence-electron chi connectivity index (χ1n) is 5.20. The Morgan fingerprint density at radius 3 is 2.67 bits per heavy atom. The maximum atomic E-state index is 11.7. The molecule has 7 nitrogen and oxygen atoms in total. The fraction of sp³-hybridized carbons (Fsp3) is 0.182. The molecule has 1 amide bonds. The van der Waals surface area contributed by atoms with Crippen molar-refractivity contribution in [1.29, 1.82) is 0 Å². The summed E-state index contributed by atoms with van der Waals surface area (Å²) in [4.78, 5) is 11.7. The van der Waals surface area contributed by atoms with Gasteiger partial charge in [0.1, 0.15) is 11.4 Å². The van der Waals surface area contributed by atoms with Gasteiger partial charge in [0.15, 0.2) is 5.82 Å². The monoisotopic (exact) mass is 248 g/mol. The molecular formula is C11H12N4O3. The van der Waals surface area contributed by atoms with Crippen LogP contribution in [-0.4, -0.2) is 23.3 Å². The zero-order chi connectivity index (χ0) is 13.0. The van der Waals surface area contributed by atoms with E-state index in [-0.39, 0.29) is 18.1 Å². The first kappa shape index (κ1) is 11.9. The Morgan fingerprint density at radius 1 is 1.39 bits per heavy atom. The van der Waals surface area contributed by atoms with E-state index in [2.05, 4.69) is 20.3 Å². The van der Waals surface area contributed by atoms with E-state index in [9.17, 15) is 4.79 Å². The van der Waals surface area contributed by atoms with Gasteiger partial charge in [0.05, 0.1) is 13.5 Å². The van der Waals surface area contributed by atoms with E-state index in [0.717, 1.165) is 5.75 Å². The van der Waals surface area contributed by atoms with E-state index in [4.69, 9.17) is 10.5 Å². The number of ether oxygens (including phenoxy) is 1. The van der Waals surface area contributed by atoms with Crippen LogP contribution in [-0.2, 0) is 11.2 Å². The van der Waals surface area contributed by atoms with Gasteiger partial charge in [0.2, 0.25) is 5.91 Å². The van der Waals surface area contributed by atoms with Gasteiger partial charge in [0.25, 0.3) is 0 Å². The first-order valence-corrected chi connectivity index (χ1v) is 5.20. The van der Waals surface area contributed by atoms with E-state index in [0.29, 0.717) is 11.4 Å². The fourth-order valence-corrected chi connectivity index (χ4v) is 1.37. The SMILES string of the molecule is COc1ccc(NC(=O)Cc2nonc2N)cc1. The van der Waals surface area contributed by atoms with Gasteiger partial charge in [-0.15, -0.1) is 0 Å². The van der Waals surface area contributed by atoms with Crippen molar-refractivity contribution in [1.82, 2.24) is 10.3 Å². The average molecular weight is 248 g/mol. The molecule has 2 aromatic rings. The second kappa shape index (κ2) is 5.17. The smallest absolute Gasteiger partial charge is 0.230 e. The van der Waals surface area contributed by atoms with Crippen LogP contribution in [0.15, 0.2) is 28.9 Å². The highest BCUT2D eigenvalue weighted by molar-refractivity contribution is 5.92. The molecule has 0 aliphatic rings. The van der Waals surface area contributed by atoms with Crippen LogP contribution in [0.5, 0.6) is 5.75 Å². The number of nitrogens with two attached hydrogens (primary N) is 1. The standard InChI is InChI=1S/C11H12N4O3/c1-17-8-4-2-7(3-5-8)13-10(16)6-9-11(12)15-18-14-9/h2-5H,6H2,1H3,(H2,12,15)(H,13,16). The minimum Gasteiger partial charge on any atom is -0.497 e. The van der Waals surface area contributed by atoms with Crippen LogP contribution in [0.25, 0.3) is 0 Å². The van der Waals surface area contributed by atoms with Crippen molar-refractivity contribution < 1.29 is 14.2 Å². The number of nitrogen functional groups attached to an aromatic ring is 1. The number of aromatic nitrogens is 2. The zero-order valence-corrected chi connectivity index (χ0v) is 9.71. The number of hydrogen-bond donors (Lipinski definition) is 2. The van der Waals surface area contributed by atoms with Crippen molar-refractivity contribution in [2.75, 3.05) is 18.2 Å². The van der Waals surface area contributed by atoms with Crippen LogP contribution in [0.4, 0.5) is 11.5 Å². The van der Waals surface area contributed by atoms with Crippen LogP contribution in [0.3, 0.4) is 0 Å². The molecule has 1 aromatic carbocycles. The summed E-state index contributed by atoms with van der Waals surface area (Å²) in [5.74, 6) is 0.598. The molecule has 0 saturated heterocycles. The molecule has 0 spiro atoms. The molecule has 0 aliphatic carbocycles. The molecule has 0 radical (unpaired) electrons. The molecular weight excluding hydrogens is 236 g/mol. The number of carbonyl (C=O) groups is 1. The molecule has 0 bridgehead atoms. The van der Waals surface area contributed by atoms with Crippen molar-refractivity contribution in [3.63, 3.8) is 0 Å². The van der Waals surface area contributed by atoms with Gasteiger partial charge in [-0.1, -0.05) is 5.16 Å². The maximum Gasteiger partial charge on any atom is 0.230 e. The molecule has 1 aromatic heterocycles. The van der Waals surface area contributed by atoms with E-state index < -0.39 is 0 Å². The van der Waals surface area contributed by atoms with Crippen molar-refractivity contribution in [2.24, 2.45) is 0 Å². The summed E-state index contributed by atoms with van der Waals surface area (Å²) >= 11 is 0. The Labute approximate surface area is 103 Å². The largest absolute Gasteiger partial charge is 0.497 e. The van der Waals surface area contributed by atoms with E-state index in [1.54, 1.807) is 31.4 Å². The lowest BCUT2D eigenvalue weighted by Crippen LogP contribution is -2.15. The number of amides is 1. The highest BCUT2D eigenvalue weighted by Gasteiger charge is 2.11. The van der Waals surface area contributed by atoms with E-state index >= 15 is 0 Å². The predicted octanol–water partition coefficient (Wildman–Crippen LogP) is 0.842. The molecule has 1 heterocycles. The number of nitrogens with one attached hydrogen (secondary N) is 1. The molecule has 18 heavy (non-hydrogen) atoms. The summed E-state index contributed by atoms with van der Waals surface area (Å²) in [6.45, 7) is 0. The zero-order valence-electron chi connectivity index (χ0n) is 9.71. The van der Waals surface area contributed by atoms with Crippen molar-refractivity contribution in [3.8, 4) is 5.75 Å². The summed E-state index contributed by atoms with van der Waals surface area (Å²) < 4.78 is 9.42. The highest BCUT2D eigenvalue weighted by atomic mass is 16.6. The maximum absolute atomic E-state index is 11.7. The number of benzene rings is 1. The first-order chi connectivity index (χ1) is 8.69. The highest BCUT2D eigenvalue weighted by Crippen LogP contribution is 2.15. The lowest BCUT2D eigenvalue weighted by atomic mass is 10.2. The third-order valence-electron chi connectivity index (χ3n) is 2.29. The third-order valence-corrected chi connectivity index (χ3v) is 2.29. The number of hydrogen-bond acceptors (Lipinski definition) is 6. The van der Waals surface area contributed by atoms with Gasteiger partial charge in [-0.3, -0.25) is 4.79 Å². The van der Waals surface area contributed by atoms with Gasteiger partial charge in [-0.25, -0.2) is 4.63 Å². The Hall–Kier alpha value is -2.57. The van der Waals surface area contributed by atoms with Crippen LogP contribution in [0.1, 0.15) is 5.69 Å². The lowest BCUT2D eigenvalue weighted by molar-refractivity contribution is -0.115. The Balaban J connectivity index is 1.96. The normalized spacial score (nSPS) is 10.1. The second-order valence-electron chi connectivity index (χ2n) is 3.55. The minimum atomic E-state index is -0.248. The van der Waals surface area contributed by atoms with E-state index in [1.807, 2.05) is 0 Å². The van der Waals surface area contributed by atoms with Gasteiger partial charge < -0.3 is 15.8 Å². The number of carbonyl (C=O) groups excluding carboxylic acids is 1. The summed E-state index contributed by atoms with van der Waals surface area (Å²) in [5, 5.41) is 9.63. The van der Waals surface area contributed by atoms with Crippen molar-refractivity contribution >= 4 is 17.4 Å². The number of anilines is 2. The van der Waals surface area contributed by atoms with Crippen molar-refractivity contribution in [2.45, 2.75) is 6.42 Å². The van der Waals surface area contributed by atoms with Crippen LogP contribution in [0.2, 0.25) is 0 Å². The lowest BCUT2D eigenvalue weighted by Gasteiger charge is -2.05. The Bertz CT molecular complexity index is 535. The van der Waals surface area contributed by atoms with E-state index in [1.165, 1.54) is 0 Å². The quantitative estimate of drug-likeness (QED) is 0.831. The second-order valence-corrected chi connectivity index (χ2v) is 3.55. The molecule has 0 unspecified atom stereocenters. The van der Waals surface area contributed by atoms with Gasteiger partial charge in [0, 0.05) is 5.69 Å². The predicted molar refractivity (Wildman–Crippen MR) is 64.0 cm³/mol. The number of rotatable bonds is 4. The number of methoxy groups -OCH3 is 1. The molecule has 3 N–H and O–H groups in total. The Kier molecular flexibility index (Phi) is 3.42. The summed E-state index contributed by atoms with van der Waals surface area (Å²) in [7, 11) is 1.58. The number of nitrogens with zero attached hydrogens (tertiary/aromatic N) is 2. The van der Waals surface area contributed by atoms with Gasteiger partial charge in [-0.05, 0) is 29.4 Å². The summed E-state index contributed by atoms with van der Waals surface area (Å²) in [5.41, 5.74) is 6.44. The van der Waals surface area contributed by atoms with Crippen molar-refractivity contribution in [3.05, 3.63) is 30.0 Å². The molecule has 0 aliphatic heterocycles. The Morgan fingerprint density at radius 2 is 2.11 bits per heavy atom. The molecule has 2 rings (SSSR count). The molecule has 7 heteroatoms. The molecule has 94 valence electrons. The summed E-state index contributed by atoms with van der Waals surface area (Å²) in [6, 6.07) is 6.98. The van der Waals surface area contributed by atoms with Gasteiger partial charge >= 0.3 is 0 Å². The molecule has 0 fully saturated rings. The minimum absolute atomic E-state index is 0.0152. The summed E-state index contributed by atoms with van der Waals surface area (Å²) in [6.07, 6.45) is 0.0152. The third kappa shape index (κ3) is 2.76. The molecule has 0 atom stereocenters.